The fraction of sp³-hybridized carbons (Fsp3) is 0.200. The number of carboxylic acid groups (broad SMARTS) is 1. The Balaban J connectivity index is 1.85. The van der Waals surface area contributed by atoms with E-state index in [9.17, 15) is 15.0 Å². The molecule has 0 saturated heterocycles. The van der Waals surface area contributed by atoms with Gasteiger partial charge in [-0.05, 0) is 29.7 Å². The number of carboxylic acids is 1. The normalized spacial score (nSPS) is 15.6. The van der Waals surface area contributed by atoms with Crippen molar-refractivity contribution in [1.29, 1.82) is 5.41 Å². The van der Waals surface area contributed by atoms with Crippen LogP contribution in [0.1, 0.15) is 30.4 Å². The van der Waals surface area contributed by atoms with E-state index in [1.165, 1.54) is 0 Å². The average molecular weight is 336 g/mol. The Labute approximate surface area is 146 Å². The van der Waals surface area contributed by atoms with Crippen molar-refractivity contribution in [3.05, 3.63) is 71.5 Å². The Bertz CT molecular complexity index is 826. The van der Waals surface area contributed by atoms with Crippen molar-refractivity contribution < 1.29 is 15.0 Å². The van der Waals surface area contributed by atoms with Crippen molar-refractivity contribution in [2.75, 3.05) is 11.4 Å². The summed E-state index contributed by atoms with van der Waals surface area (Å²) in [5.74, 6) is -0.965. The first-order chi connectivity index (χ1) is 12.0. The molecule has 0 aliphatic carbocycles. The number of amidine groups is 1. The fourth-order valence-electron chi connectivity index (χ4n) is 3.15. The smallest absolute Gasteiger partial charge is 0.310 e. The van der Waals surface area contributed by atoms with E-state index in [1.54, 1.807) is 29.2 Å². The van der Waals surface area contributed by atoms with E-state index in [2.05, 4.69) is 0 Å². The average Bonchev–Trinajstić information content (AvgIpc) is 2.91. The second-order valence-electron chi connectivity index (χ2n) is 6.01. The SMILES string of the molecule is CC[C@@H](C(=O)O)c1ccc(N2CC(O)=C(c3ccccc3)C2=N)cc1. The Hall–Kier alpha value is -3.08. The van der Waals surface area contributed by atoms with Gasteiger partial charge >= 0.3 is 5.97 Å². The number of nitrogens with one attached hydrogen (secondary N) is 1. The van der Waals surface area contributed by atoms with E-state index in [1.807, 2.05) is 37.3 Å². The molecule has 0 amide bonds. The summed E-state index contributed by atoms with van der Waals surface area (Å²) >= 11 is 0. The molecule has 3 rings (SSSR count). The minimum atomic E-state index is -0.838. The van der Waals surface area contributed by atoms with Crippen LogP contribution < -0.4 is 4.90 Å². The van der Waals surface area contributed by atoms with Crippen molar-refractivity contribution >= 4 is 23.1 Å². The van der Waals surface area contributed by atoms with Gasteiger partial charge in [-0.15, -0.1) is 0 Å². The van der Waals surface area contributed by atoms with E-state index < -0.39 is 11.9 Å². The number of anilines is 1. The van der Waals surface area contributed by atoms with Crippen LogP contribution in [-0.4, -0.2) is 28.6 Å². The summed E-state index contributed by atoms with van der Waals surface area (Å²) in [5.41, 5.74) is 2.83. The first-order valence-electron chi connectivity index (χ1n) is 8.19. The zero-order valence-corrected chi connectivity index (χ0v) is 13.9. The van der Waals surface area contributed by atoms with Crippen molar-refractivity contribution in [2.45, 2.75) is 19.3 Å². The minimum Gasteiger partial charge on any atom is -0.510 e. The summed E-state index contributed by atoms with van der Waals surface area (Å²) in [7, 11) is 0. The van der Waals surface area contributed by atoms with Gasteiger partial charge in [-0.3, -0.25) is 10.2 Å². The molecule has 5 heteroatoms. The topological polar surface area (TPSA) is 84.6 Å². The Kier molecular flexibility index (Phi) is 4.57. The molecular weight excluding hydrogens is 316 g/mol. The minimum absolute atomic E-state index is 0.164. The highest BCUT2D eigenvalue weighted by molar-refractivity contribution is 6.30. The van der Waals surface area contributed by atoms with Crippen LogP contribution in [0.4, 0.5) is 5.69 Å². The molecule has 1 aliphatic rings. The van der Waals surface area contributed by atoms with Gasteiger partial charge < -0.3 is 15.1 Å². The van der Waals surface area contributed by atoms with Gasteiger partial charge in [0.05, 0.1) is 18.0 Å². The van der Waals surface area contributed by atoms with E-state index in [4.69, 9.17) is 5.41 Å². The largest absolute Gasteiger partial charge is 0.510 e. The van der Waals surface area contributed by atoms with E-state index in [-0.39, 0.29) is 18.1 Å². The van der Waals surface area contributed by atoms with Crippen molar-refractivity contribution in [3.8, 4) is 0 Å². The molecule has 0 unspecified atom stereocenters. The lowest BCUT2D eigenvalue weighted by atomic mass is 9.96. The van der Waals surface area contributed by atoms with E-state index in [0.717, 1.165) is 16.8 Å². The van der Waals surface area contributed by atoms with Crippen LogP contribution in [0, 0.1) is 5.41 Å². The molecule has 5 nitrogen and oxygen atoms in total. The van der Waals surface area contributed by atoms with Gasteiger partial charge in [0.2, 0.25) is 0 Å². The monoisotopic (exact) mass is 336 g/mol. The predicted molar refractivity (Wildman–Crippen MR) is 98.2 cm³/mol. The fourth-order valence-corrected chi connectivity index (χ4v) is 3.15. The number of rotatable bonds is 5. The lowest BCUT2D eigenvalue weighted by Crippen LogP contribution is -2.26. The number of nitrogens with zero attached hydrogens (tertiary/aromatic N) is 1. The summed E-state index contributed by atoms with van der Waals surface area (Å²) in [4.78, 5) is 13.0. The highest BCUT2D eigenvalue weighted by Crippen LogP contribution is 2.32. The zero-order chi connectivity index (χ0) is 18.0. The summed E-state index contributed by atoms with van der Waals surface area (Å²) in [6, 6.07) is 16.5. The third-order valence-corrected chi connectivity index (χ3v) is 4.48. The first-order valence-corrected chi connectivity index (χ1v) is 8.19. The molecule has 0 spiro atoms. The molecule has 3 N–H and O–H groups in total. The van der Waals surface area contributed by atoms with Gasteiger partial charge in [0.25, 0.3) is 0 Å². The number of hydrogen-bond donors (Lipinski definition) is 3. The van der Waals surface area contributed by atoms with Gasteiger partial charge in [-0.2, -0.15) is 0 Å². The van der Waals surface area contributed by atoms with Gasteiger partial charge in [0.15, 0.2) is 0 Å². The highest BCUT2D eigenvalue weighted by Gasteiger charge is 2.29. The quantitative estimate of drug-likeness (QED) is 0.769. The van der Waals surface area contributed by atoms with E-state index >= 15 is 0 Å². The van der Waals surface area contributed by atoms with Gasteiger partial charge in [-0.25, -0.2) is 0 Å². The zero-order valence-electron chi connectivity index (χ0n) is 13.9. The second kappa shape index (κ2) is 6.81. The van der Waals surface area contributed by atoms with Gasteiger partial charge in [-0.1, -0.05) is 49.4 Å². The molecule has 2 aromatic rings. The van der Waals surface area contributed by atoms with E-state index in [0.29, 0.717) is 12.0 Å². The van der Waals surface area contributed by atoms with Crippen molar-refractivity contribution in [3.63, 3.8) is 0 Å². The number of carbonyl (C=O) groups is 1. The maximum atomic E-state index is 11.3. The van der Waals surface area contributed by atoms with Crippen LogP contribution in [0.3, 0.4) is 0 Å². The molecular formula is C20H20N2O3. The Morgan fingerprint density at radius 1 is 1.16 bits per heavy atom. The molecule has 0 aromatic heterocycles. The Morgan fingerprint density at radius 2 is 1.80 bits per heavy atom. The molecule has 1 aliphatic heterocycles. The van der Waals surface area contributed by atoms with Gasteiger partial charge in [0.1, 0.15) is 11.6 Å². The van der Waals surface area contributed by atoms with Crippen LogP contribution in [0.5, 0.6) is 0 Å². The number of aliphatic hydroxyl groups is 1. The van der Waals surface area contributed by atoms with Crippen molar-refractivity contribution in [1.82, 2.24) is 0 Å². The Morgan fingerprint density at radius 3 is 2.36 bits per heavy atom. The molecule has 0 fully saturated rings. The summed E-state index contributed by atoms with van der Waals surface area (Å²) in [6.07, 6.45) is 0.523. The van der Waals surface area contributed by atoms with Crippen LogP contribution >= 0.6 is 0 Å². The molecule has 0 bridgehead atoms. The molecule has 128 valence electrons. The highest BCUT2D eigenvalue weighted by atomic mass is 16.4. The number of aliphatic carboxylic acids is 1. The number of aliphatic hydroxyl groups excluding tert-OH is 1. The lowest BCUT2D eigenvalue weighted by molar-refractivity contribution is -0.138. The summed E-state index contributed by atoms with van der Waals surface area (Å²) in [5, 5.41) is 28.0. The third kappa shape index (κ3) is 3.13. The number of hydrogen-bond acceptors (Lipinski definition) is 3. The van der Waals surface area contributed by atoms with Crippen LogP contribution in [-0.2, 0) is 4.79 Å². The van der Waals surface area contributed by atoms with Crippen LogP contribution in [0.15, 0.2) is 60.4 Å². The maximum Gasteiger partial charge on any atom is 0.310 e. The third-order valence-electron chi connectivity index (χ3n) is 4.48. The first kappa shape index (κ1) is 16.8. The summed E-state index contributed by atoms with van der Waals surface area (Å²) in [6.45, 7) is 2.08. The van der Waals surface area contributed by atoms with Crippen molar-refractivity contribution in [2.24, 2.45) is 0 Å². The predicted octanol–water partition coefficient (Wildman–Crippen LogP) is 4.03. The molecule has 1 heterocycles. The molecule has 0 radical (unpaired) electrons. The summed E-state index contributed by atoms with van der Waals surface area (Å²) < 4.78 is 0. The molecule has 2 aromatic carbocycles. The maximum absolute atomic E-state index is 11.3. The molecule has 0 saturated carbocycles. The molecule has 25 heavy (non-hydrogen) atoms. The van der Waals surface area contributed by atoms with Crippen LogP contribution in [0.2, 0.25) is 0 Å². The second-order valence-corrected chi connectivity index (χ2v) is 6.01. The van der Waals surface area contributed by atoms with Gasteiger partial charge in [0, 0.05) is 5.69 Å². The lowest BCUT2D eigenvalue weighted by Gasteiger charge is -2.20. The van der Waals surface area contributed by atoms with Crippen LogP contribution in [0.25, 0.3) is 5.57 Å². The molecule has 1 atom stereocenters. The standard InChI is InChI=1S/C20H20N2O3/c1-2-16(20(24)25)13-8-10-15(11-9-13)22-12-17(23)18(19(22)21)14-6-4-3-5-7-14/h3-11,16,21,23H,2,12H2,1H3,(H,24,25)/t16-/m1/s1. The number of benzene rings is 2.